The topological polar surface area (TPSA) is 58.1 Å². The molecule has 5 heteroatoms. The van der Waals surface area contributed by atoms with Crippen molar-refractivity contribution in [2.45, 2.75) is 38.1 Å². The number of carbonyl (C=O) groups is 1. The number of nitrogens with one attached hydrogen (secondary N) is 1. The van der Waals surface area contributed by atoms with Crippen molar-refractivity contribution in [1.29, 1.82) is 0 Å². The summed E-state index contributed by atoms with van der Waals surface area (Å²) in [7, 11) is 0. The number of rotatable bonds is 5. The number of benzene rings is 1. The largest absolute Gasteiger partial charge is 0.338 e. The zero-order chi connectivity index (χ0) is 17.2. The van der Waals surface area contributed by atoms with E-state index in [1.165, 1.54) is 18.4 Å². The number of hydrogen-bond acceptors (Lipinski definition) is 3. The van der Waals surface area contributed by atoms with E-state index in [-0.39, 0.29) is 12.1 Å². The maximum atomic E-state index is 12.5. The van der Waals surface area contributed by atoms with Crippen molar-refractivity contribution >= 4 is 6.03 Å². The third kappa shape index (κ3) is 3.50. The third-order valence-corrected chi connectivity index (χ3v) is 5.12. The molecule has 0 radical (unpaired) electrons. The molecule has 0 spiro atoms. The van der Waals surface area contributed by atoms with E-state index in [0.29, 0.717) is 18.4 Å². The number of amides is 2. The van der Waals surface area contributed by atoms with E-state index in [1.807, 2.05) is 35.5 Å². The van der Waals surface area contributed by atoms with Crippen LogP contribution in [0.2, 0.25) is 0 Å². The van der Waals surface area contributed by atoms with E-state index in [1.54, 1.807) is 0 Å². The normalized spacial score (nSPS) is 22.4. The highest BCUT2D eigenvalue weighted by molar-refractivity contribution is 5.75. The molecular formula is C20H24N4O. The molecule has 1 N–H and O–H groups in total. The second kappa shape index (κ2) is 6.82. The van der Waals surface area contributed by atoms with Crippen LogP contribution in [0.4, 0.5) is 4.79 Å². The molecule has 0 unspecified atom stereocenters. The SMILES string of the molecule is C[C@@H]1CN(C(=O)NCCc2cnc(C3CC3)nc2)[C@@H]1c1ccccc1. The zero-order valence-corrected chi connectivity index (χ0v) is 14.6. The standard InChI is InChI=1S/C20H24N4O/c1-14-13-24(18(14)16-5-3-2-4-6-16)20(25)21-10-9-15-11-22-19(23-12-15)17-7-8-17/h2-6,11-12,14,17-18H,7-10,13H2,1H3,(H,21,25)/t14-,18+/m1/s1. The monoisotopic (exact) mass is 336 g/mol. The molecule has 2 heterocycles. The van der Waals surface area contributed by atoms with Gasteiger partial charge in [0, 0.05) is 31.4 Å². The number of aromatic nitrogens is 2. The molecule has 2 aliphatic rings. The van der Waals surface area contributed by atoms with Gasteiger partial charge in [-0.3, -0.25) is 0 Å². The highest BCUT2D eigenvalue weighted by atomic mass is 16.2. The Hall–Kier alpha value is -2.43. The van der Waals surface area contributed by atoms with Gasteiger partial charge in [0.1, 0.15) is 5.82 Å². The fourth-order valence-corrected chi connectivity index (χ4v) is 3.52. The number of likely N-dealkylation sites (tertiary alicyclic amines) is 1. The molecule has 1 saturated heterocycles. The smallest absolute Gasteiger partial charge is 0.317 e. The molecule has 1 aliphatic heterocycles. The number of urea groups is 1. The van der Waals surface area contributed by atoms with Gasteiger partial charge in [-0.1, -0.05) is 37.3 Å². The van der Waals surface area contributed by atoms with Gasteiger partial charge in [-0.2, -0.15) is 0 Å². The van der Waals surface area contributed by atoms with E-state index in [0.717, 1.165) is 24.4 Å². The van der Waals surface area contributed by atoms with Crippen LogP contribution in [0.15, 0.2) is 42.7 Å². The van der Waals surface area contributed by atoms with Crippen molar-refractivity contribution in [3.63, 3.8) is 0 Å². The van der Waals surface area contributed by atoms with E-state index in [2.05, 4.69) is 34.3 Å². The third-order valence-electron chi connectivity index (χ3n) is 5.12. The minimum atomic E-state index is 0.0162. The fraction of sp³-hybridized carbons (Fsp3) is 0.450. The molecule has 0 bridgehead atoms. The molecule has 1 saturated carbocycles. The van der Waals surface area contributed by atoms with Crippen molar-refractivity contribution in [3.05, 3.63) is 59.7 Å². The summed E-state index contributed by atoms with van der Waals surface area (Å²) in [6, 6.07) is 10.5. The number of carbonyl (C=O) groups excluding carboxylic acids is 1. The molecule has 2 fully saturated rings. The lowest BCUT2D eigenvalue weighted by Gasteiger charge is -2.46. The van der Waals surface area contributed by atoms with Crippen LogP contribution in [0.25, 0.3) is 0 Å². The minimum Gasteiger partial charge on any atom is -0.338 e. The quantitative estimate of drug-likeness (QED) is 0.911. The van der Waals surface area contributed by atoms with Crippen molar-refractivity contribution in [3.8, 4) is 0 Å². The Morgan fingerprint density at radius 1 is 1.20 bits per heavy atom. The summed E-state index contributed by atoms with van der Waals surface area (Å²) in [5.74, 6) is 2.04. The maximum absolute atomic E-state index is 12.5. The summed E-state index contributed by atoms with van der Waals surface area (Å²) in [4.78, 5) is 23.3. The van der Waals surface area contributed by atoms with Gasteiger partial charge in [0.2, 0.25) is 0 Å². The molecule has 2 amide bonds. The fourth-order valence-electron chi connectivity index (χ4n) is 3.52. The predicted molar refractivity (Wildman–Crippen MR) is 96.2 cm³/mol. The minimum absolute atomic E-state index is 0.0162. The molecule has 130 valence electrons. The second-order valence-corrected chi connectivity index (χ2v) is 7.19. The first-order valence-electron chi connectivity index (χ1n) is 9.12. The zero-order valence-electron chi connectivity index (χ0n) is 14.6. The van der Waals surface area contributed by atoms with Crippen LogP contribution < -0.4 is 5.32 Å². The van der Waals surface area contributed by atoms with Crippen LogP contribution in [0.3, 0.4) is 0 Å². The van der Waals surface area contributed by atoms with Gasteiger partial charge in [0.05, 0.1) is 6.04 Å². The molecule has 2 aromatic rings. The highest BCUT2D eigenvalue weighted by Gasteiger charge is 2.39. The van der Waals surface area contributed by atoms with Crippen molar-refractivity contribution < 1.29 is 4.79 Å². The van der Waals surface area contributed by atoms with E-state index >= 15 is 0 Å². The number of nitrogens with zero attached hydrogens (tertiary/aromatic N) is 3. The van der Waals surface area contributed by atoms with E-state index < -0.39 is 0 Å². The summed E-state index contributed by atoms with van der Waals surface area (Å²) in [5.41, 5.74) is 2.28. The van der Waals surface area contributed by atoms with Crippen molar-refractivity contribution in [2.75, 3.05) is 13.1 Å². The van der Waals surface area contributed by atoms with Crippen LogP contribution in [-0.4, -0.2) is 34.0 Å². The summed E-state index contributed by atoms with van der Waals surface area (Å²) in [5, 5.41) is 3.03. The molecule has 2 atom stereocenters. The summed E-state index contributed by atoms with van der Waals surface area (Å²) in [6.45, 7) is 3.61. The Kier molecular flexibility index (Phi) is 4.38. The molecule has 1 aliphatic carbocycles. The van der Waals surface area contributed by atoms with E-state index in [4.69, 9.17) is 0 Å². The lowest BCUT2D eigenvalue weighted by molar-refractivity contribution is 0.0594. The van der Waals surface area contributed by atoms with Crippen LogP contribution in [0.1, 0.15) is 48.7 Å². The second-order valence-electron chi connectivity index (χ2n) is 7.19. The number of hydrogen-bond donors (Lipinski definition) is 1. The molecular weight excluding hydrogens is 312 g/mol. The predicted octanol–water partition coefficient (Wildman–Crippen LogP) is 3.30. The van der Waals surface area contributed by atoms with Gasteiger partial charge in [0.25, 0.3) is 0 Å². The van der Waals surface area contributed by atoms with E-state index in [9.17, 15) is 4.79 Å². The van der Waals surface area contributed by atoms with Crippen molar-refractivity contribution in [1.82, 2.24) is 20.2 Å². The summed E-state index contributed by atoms with van der Waals surface area (Å²) in [6.07, 6.45) is 6.98. The first-order valence-corrected chi connectivity index (χ1v) is 9.12. The molecule has 1 aromatic heterocycles. The van der Waals surface area contributed by atoms with Crippen molar-refractivity contribution in [2.24, 2.45) is 5.92 Å². The van der Waals surface area contributed by atoms with Gasteiger partial charge in [-0.15, -0.1) is 0 Å². The Morgan fingerprint density at radius 2 is 1.92 bits per heavy atom. The molecule has 5 nitrogen and oxygen atoms in total. The average Bonchev–Trinajstić information content (AvgIpc) is 3.46. The highest BCUT2D eigenvalue weighted by Crippen LogP contribution is 2.38. The lowest BCUT2D eigenvalue weighted by atomic mass is 9.85. The Bertz CT molecular complexity index is 727. The van der Waals surface area contributed by atoms with Crippen LogP contribution in [-0.2, 0) is 6.42 Å². The van der Waals surface area contributed by atoms with Gasteiger partial charge in [-0.05, 0) is 36.3 Å². The van der Waals surface area contributed by atoms with Gasteiger partial charge >= 0.3 is 6.03 Å². The van der Waals surface area contributed by atoms with Gasteiger partial charge in [0.15, 0.2) is 0 Å². The van der Waals surface area contributed by atoms with Crippen LogP contribution in [0.5, 0.6) is 0 Å². The van der Waals surface area contributed by atoms with Crippen LogP contribution >= 0.6 is 0 Å². The Morgan fingerprint density at radius 3 is 2.56 bits per heavy atom. The summed E-state index contributed by atoms with van der Waals surface area (Å²) >= 11 is 0. The first-order chi connectivity index (χ1) is 12.2. The maximum Gasteiger partial charge on any atom is 0.317 e. The molecule has 25 heavy (non-hydrogen) atoms. The lowest BCUT2D eigenvalue weighted by Crippen LogP contribution is -2.55. The molecule has 1 aromatic carbocycles. The first kappa shape index (κ1) is 16.1. The summed E-state index contributed by atoms with van der Waals surface area (Å²) < 4.78 is 0. The molecule has 4 rings (SSSR count). The van der Waals surface area contributed by atoms with Crippen LogP contribution in [0, 0.1) is 5.92 Å². The Balaban J connectivity index is 1.28. The Labute approximate surface area is 148 Å². The average molecular weight is 336 g/mol. The van der Waals surface area contributed by atoms with Gasteiger partial charge in [-0.25, -0.2) is 14.8 Å². The van der Waals surface area contributed by atoms with Gasteiger partial charge < -0.3 is 10.2 Å².